The van der Waals surface area contributed by atoms with Gasteiger partial charge < -0.3 is 37.9 Å². The lowest BCUT2D eigenvalue weighted by Gasteiger charge is -2.23. The molecule has 1 rings (SSSR count). The Balaban J connectivity index is 0.00000361. The van der Waals surface area contributed by atoms with Crippen molar-refractivity contribution < 1.29 is 42.7 Å². The average Bonchev–Trinajstić information content (AvgIpc) is 2.29. The van der Waals surface area contributed by atoms with Gasteiger partial charge in [0.25, 0.3) is 0 Å². The van der Waals surface area contributed by atoms with Crippen LogP contribution in [0.15, 0.2) is 12.1 Å². The van der Waals surface area contributed by atoms with E-state index in [9.17, 15) is 4.79 Å². The van der Waals surface area contributed by atoms with Crippen molar-refractivity contribution in [2.45, 2.75) is 0 Å². The monoisotopic (exact) mass is 433 g/mol. The highest BCUT2D eigenvalue weighted by atomic mass is 127. The minimum absolute atomic E-state index is 0. The molecule has 0 radical (unpaired) electrons. The van der Waals surface area contributed by atoms with Crippen molar-refractivity contribution in [1.29, 1.82) is 0 Å². The van der Waals surface area contributed by atoms with E-state index in [1.165, 1.54) is 7.11 Å². The Morgan fingerprint density at radius 2 is 1.75 bits per heavy atom. The number of rotatable bonds is 5. The summed E-state index contributed by atoms with van der Waals surface area (Å²) in [6, 6.07) is 3.12. The molecule has 0 fully saturated rings. The summed E-state index contributed by atoms with van der Waals surface area (Å²) < 4.78 is 11.0. The van der Waals surface area contributed by atoms with E-state index >= 15 is 0 Å². The van der Waals surface area contributed by atoms with Gasteiger partial charge in [-0.25, -0.2) is 4.79 Å². The summed E-state index contributed by atoms with van der Waals surface area (Å²) >= 11 is 12.0. The Bertz CT molecular complexity index is 475. The van der Waals surface area contributed by atoms with E-state index in [0.717, 1.165) is 0 Å². The number of hydrogen-bond donors (Lipinski definition) is 0. The molecular formula is C13H18Cl2INO3. The van der Waals surface area contributed by atoms with Gasteiger partial charge in [0.2, 0.25) is 0 Å². The van der Waals surface area contributed by atoms with Gasteiger partial charge in [-0.05, 0) is 12.1 Å². The fourth-order valence-corrected chi connectivity index (χ4v) is 1.87. The van der Waals surface area contributed by atoms with Crippen molar-refractivity contribution in [2.75, 3.05) is 41.4 Å². The molecule has 0 atom stereocenters. The van der Waals surface area contributed by atoms with E-state index in [0.29, 0.717) is 22.7 Å². The molecular weight excluding hydrogens is 416 g/mol. The molecule has 0 saturated heterocycles. The zero-order valence-electron chi connectivity index (χ0n) is 11.9. The first-order valence-electron chi connectivity index (χ1n) is 5.76. The Kier molecular flexibility index (Phi) is 8.16. The predicted molar refractivity (Wildman–Crippen MR) is 76.2 cm³/mol. The Morgan fingerprint density at radius 3 is 2.25 bits per heavy atom. The summed E-state index contributed by atoms with van der Waals surface area (Å²) in [5.74, 6) is -0.290. The van der Waals surface area contributed by atoms with Crippen LogP contribution in [-0.2, 0) is 4.74 Å². The number of quaternary nitrogens is 1. The summed E-state index contributed by atoms with van der Waals surface area (Å²) in [6.07, 6.45) is 0. The molecule has 0 aliphatic carbocycles. The summed E-state index contributed by atoms with van der Waals surface area (Å²) in [5, 5.41) is 0.585. The second-order valence-corrected chi connectivity index (χ2v) is 5.90. The normalized spacial score (nSPS) is 10.7. The highest BCUT2D eigenvalue weighted by Gasteiger charge is 2.21. The molecule has 20 heavy (non-hydrogen) atoms. The van der Waals surface area contributed by atoms with Gasteiger partial charge in [0, 0.05) is 0 Å². The Labute approximate surface area is 146 Å². The van der Waals surface area contributed by atoms with Gasteiger partial charge in [0.15, 0.2) is 5.75 Å². The van der Waals surface area contributed by atoms with Gasteiger partial charge in [-0.2, -0.15) is 0 Å². The molecule has 0 unspecified atom stereocenters. The van der Waals surface area contributed by atoms with E-state index in [1.807, 2.05) is 21.1 Å². The van der Waals surface area contributed by atoms with Crippen LogP contribution in [0.1, 0.15) is 10.4 Å². The van der Waals surface area contributed by atoms with E-state index < -0.39 is 5.97 Å². The van der Waals surface area contributed by atoms with Gasteiger partial charge in [-0.15, -0.1) is 0 Å². The fourth-order valence-electron chi connectivity index (χ4n) is 1.41. The van der Waals surface area contributed by atoms with Crippen molar-refractivity contribution in [3.8, 4) is 5.75 Å². The van der Waals surface area contributed by atoms with E-state index in [2.05, 4.69) is 0 Å². The van der Waals surface area contributed by atoms with Crippen molar-refractivity contribution in [3.05, 3.63) is 27.7 Å². The maximum atomic E-state index is 12.0. The first kappa shape index (κ1) is 19.8. The highest BCUT2D eigenvalue weighted by Crippen LogP contribution is 2.34. The molecule has 4 nitrogen and oxygen atoms in total. The first-order chi connectivity index (χ1) is 8.76. The van der Waals surface area contributed by atoms with Gasteiger partial charge in [-0.1, -0.05) is 23.2 Å². The Morgan fingerprint density at radius 1 is 1.20 bits per heavy atom. The van der Waals surface area contributed by atoms with Gasteiger partial charge in [0.1, 0.15) is 18.7 Å². The van der Waals surface area contributed by atoms with Crippen molar-refractivity contribution in [3.63, 3.8) is 0 Å². The second-order valence-electron chi connectivity index (χ2n) is 5.09. The molecule has 114 valence electrons. The third-order valence-corrected chi connectivity index (χ3v) is 3.07. The molecule has 0 aliphatic heterocycles. The quantitative estimate of drug-likeness (QED) is 0.368. The third kappa shape index (κ3) is 5.63. The molecule has 0 heterocycles. The second kappa shape index (κ2) is 8.26. The molecule has 0 saturated carbocycles. The van der Waals surface area contributed by atoms with E-state index in [-0.39, 0.29) is 40.3 Å². The van der Waals surface area contributed by atoms with Crippen molar-refractivity contribution >= 4 is 29.2 Å². The number of nitrogens with zero attached hydrogens (tertiary/aromatic N) is 1. The SMILES string of the molecule is COc1c(Cl)ccc(Cl)c1C(=O)OCC[N+](C)(C)C.[I-]. The largest absolute Gasteiger partial charge is 1.00 e. The molecule has 1 aromatic carbocycles. The fraction of sp³-hybridized carbons (Fsp3) is 0.462. The summed E-state index contributed by atoms with van der Waals surface area (Å²) in [4.78, 5) is 12.0. The predicted octanol–water partition coefficient (Wildman–Crippen LogP) is -0.131. The van der Waals surface area contributed by atoms with Crippen molar-refractivity contribution in [2.24, 2.45) is 0 Å². The number of methoxy groups -OCH3 is 1. The van der Waals surface area contributed by atoms with Crippen LogP contribution < -0.4 is 28.7 Å². The lowest BCUT2D eigenvalue weighted by Crippen LogP contribution is -3.00. The van der Waals surface area contributed by atoms with E-state index in [1.54, 1.807) is 12.1 Å². The minimum Gasteiger partial charge on any atom is -1.00 e. The lowest BCUT2D eigenvalue weighted by atomic mass is 10.2. The third-order valence-electron chi connectivity index (χ3n) is 2.46. The molecule has 0 aromatic heterocycles. The number of halogens is 3. The molecule has 0 spiro atoms. The number of carbonyl (C=O) groups excluding carboxylic acids is 1. The molecule has 0 aliphatic rings. The van der Waals surface area contributed by atoms with Crippen LogP contribution in [0.4, 0.5) is 0 Å². The van der Waals surface area contributed by atoms with Crippen LogP contribution in [0.5, 0.6) is 5.75 Å². The van der Waals surface area contributed by atoms with Crippen LogP contribution in [0.25, 0.3) is 0 Å². The maximum Gasteiger partial charge on any atom is 0.343 e. The molecule has 0 N–H and O–H groups in total. The number of likely N-dealkylation sites (N-methyl/N-ethyl adjacent to an activating group) is 1. The zero-order valence-corrected chi connectivity index (χ0v) is 15.5. The van der Waals surface area contributed by atoms with Crippen LogP contribution in [0.3, 0.4) is 0 Å². The topological polar surface area (TPSA) is 35.5 Å². The summed E-state index contributed by atoms with van der Waals surface area (Å²) in [5.41, 5.74) is 0.165. The summed E-state index contributed by atoms with van der Waals surface area (Å²) in [6.45, 7) is 1.00. The summed E-state index contributed by atoms with van der Waals surface area (Å²) in [7, 11) is 7.47. The minimum atomic E-state index is -0.530. The molecule has 0 bridgehead atoms. The van der Waals surface area contributed by atoms with Crippen LogP contribution in [0.2, 0.25) is 10.0 Å². The maximum absolute atomic E-state index is 12.0. The van der Waals surface area contributed by atoms with Gasteiger partial charge in [0.05, 0.1) is 38.3 Å². The van der Waals surface area contributed by atoms with Crippen LogP contribution in [0, 0.1) is 0 Å². The first-order valence-corrected chi connectivity index (χ1v) is 6.51. The number of ether oxygens (including phenoxy) is 2. The standard InChI is InChI=1S/C13H18Cl2NO3.HI/c1-16(2,3)7-8-19-13(17)11-9(14)5-6-10(15)12(11)18-4;/h5-6H,7-8H2,1-4H3;1H/q+1;/p-1. The Hall–Kier alpha value is -0.240. The average molecular weight is 434 g/mol. The number of esters is 1. The lowest BCUT2D eigenvalue weighted by molar-refractivity contribution is -0.870. The smallest absolute Gasteiger partial charge is 0.343 e. The zero-order chi connectivity index (χ0) is 14.6. The molecule has 0 amide bonds. The number of hydrogen-bond acceptors (Lipinski definition) is 3. The van der Waals surface area contributed by atoms with Crippen molar-refractivity contribution in [1.82, 2.24) is 0 Å². The molecule has 7 heteroatoms. The van der Waals surface area contributed by atoms with Gasteiger partial charge in [-0.3, -0.25) is 0 Å². The molecule has 1 aromatic rings. The van der Waals surface area contributed by atoms with Crippen LogP contribution >= 0.6 is 23.2 Å². The van der Waals surface area contributed by atoms with Gasteiger partial charge >= 0.3 is 5.97 Å². The number of carbonyl (C=O) groups is 1. The van der Waals surface area contributed by atoms with Crippen LogP contribution in [-0.4, -0.2) is 51.9 Å². The highest BCUT2D eigenvalue weighted by molar-refractivity contribution is 6.37. The number of benzene rings is 1. The van der Waals surface area contributed by atoms with E-state index in [4.69, 9.17) is 32.7 Å².